The topological polar surface area (TPSA) is 118 Å². The number of pyridine rings is 2. The first-order chi connectivity index (χ1) is 14.7. The quantitative estimate of drug-likeness (QED) is 0.593. The van der Waals surface area contributed by atoms with Crippen molar-refractivity contribution in [3.63, 3.8) is 0 Å². The number of aromatic nitrogens is 4. The largest absolute Gasteiger partial charge is 0.471 e. The number of nitrogens with one attached hydrogen (secondary N) is 1. The molecule has 3 aromatic rings. The van der Waals surface area contributed by atoms with Gasteiger partial charge in [-0.2, -0.15) is 18.4 Å². The summed E-state index contributed by atoms with van der Waals surface area (Å²) in [5, 5.41) is 9.26. The molecule has 1 atom stereocenters. The fraction of sp³-hybridized carbons (Fsp3) is 0.400. The van der Waals surface area contributed by atoms with E-state index in [1.54, 1.807) is 34.7 Å². The number of imidazole rings is 1. The zero-order valence-electron chi connectivity index (χ0n) is 18.0. The molecule has 3 heterocycles. The van der Waals surface area contributed by atoms with Crippen LogP contribution >= 0.6 is 0 Å². The standard InChI is InChI=1S/C20H21F3N6O2S/c1-6-32(25,30)15-8-14(31-19(3,4)10-24)11(2)27-16(15)18-28-13-7-12(20(21,22)23)9-26-17(13)29(18)5/h7-9,25H,6H2,1-5H3/t32-/m1/s1. The molecule has 0 aliphatic heterocycles. The van der Waals surface area contributed by atoms with Crippen molar-refractivity contribution in [2.75, 3.05) is 5.75 Å². The number of halogens is 3. The Labute approximate surface area is 183 Å². The highest BCUT2D eigenvalue weighted by Gasteiger charge is 2.32. The van der Waals surface area contributed by atoms with E-state index in [0.717, 1.165) is 6.07 Å². The van der Waals surface area contributed by atoms with Crippen molar-refractivity contribution in [2.24, 2.45) is 7.05 Å². The minimum Gasteiger partial charge on any atom is -0.471 e. The van der Waals surface area contributed by atoms with E-state index >= 15 is 0 Å². The van der Waals surface area contributed by atoms with Crippen LogP contribution in [-0.2, 0) is 23.0 Å². The van der Waals surface area contributed by atoms with E-state index in [0.29, 0.717) is 11.9 Å². The molecule has 0 saturated carbocycles. The minimum absolute atomic E-state index is 0.0124. The van der Waals surface area contributed by atoms with E-state index < -0.39 is 27.1 Å². The lowest BCUT2D eigenvalue weighted by atomic mass is 10.1. The Morgan fingerprint density at radius 2 is 1.94 bits per heavy atom. The lowest BCUT2D eigenvalue weighted by Crippen LogP contribution is -2.26. The number of hydrogen-bond acceptors (Lipinski definition) is 7. The van der Waals surface area contributed by atoms with Gasteiger partial charge >= 0.3 is 6.18 Å². The van der Waals surface area contributed by atoms with Crippen molar-refractivity contribution in [1.82, 2.24) is 19.5 Å². The van der Waals surface area contributed by atoms with Gasteiger partial charge in [-0.25, -0.2) is 23.9 Å². The van der Waals surface area contributed by atoms with E-state index in [1.165, 1.54) is 10.6 Å². The molecule has 12 heteroatoms. The summed E-state index contributed by atoms with van der Waals surface area (Å²) >= 11 is 0. The van der Waals surface area contributed by atoms with Crippen molar-refractivity contribution < 1.29 is 22.1 Å². The van der Waals surface area contributed by atoms with Crippen LogP contribution in [0.15, 0.2) is 23.2 Å². The second kappa shape index (κ2) is 7.74. The van der Waals surface area contributed by atoms with E-state index in [4.69, 9.17) is 9.52 Å². The Morgan fingerprint density at radius 3 is 2.50 bits per heavy atom. The molecule has 8 nitrogen and oxygen atoms in total. The maximum Gasteiger partial charge on any atom is 0.417 e. The number of alkyl halides is 3. The molecule has 1 N–H and O–H groups in total. The molecule has 0 aromatic carbocycles. The van der Waals surface area contributed by atoms with Crippen LogP contribution in [-0.4, -0.2) is 35.1 Å². The maximum atomic E-state index is 13.1. The predicted octanol–water partition coefficient (Wildman–Crippen LogP) is 4.46. The average Bonchev–Trinajstić information content (AvgIpc) is 3.04. The van der Waals surface area contributed by atoms with Gasteiger partial charge < -0.3 is 9.30 Å². The number of aryl methyl sites for hydroxylation is 2. The van der Waals surface area contributed by atoms with Gasteiger partial charge in [0.15, 0.2) is 17.1 Å². The van der Waals surface area contributed by atoms with Gasteiger partial charge in [-0.3, -0.25) is 0 Å². The third-order valence-corrected chi connectivity index (χ3v) is 6.61. The molecule has 170 valence electrons. The summed E-state index contributed by atoms with van der Waals surface area (Å²) in [5.74, 6) is 0.260. The third kappa shape index (κ3) is 4.25. The number of ether oxygens (including phenoxy) is 1. The highest BCUT2D eigenvalue weighted by Crippen LogP contribution is 2.35. The monoisotopic (exact) mass is 466 g/mol. The number of nitrogens with zero attached hydrogens (tertiary/aromatic N) is 5. The van der Waals surface area contributed by atoms with Gasteiger partial charge in [0.25, 0.3) is 0 Å². The summed E-state index contributed by atoms with van der Waals surface area (Å²) in [6.07, 6.45) is -3.86. The van der Waals surface area contributed by atoms with Gasteiger partial charge in [-0.15, -0.1) is 0 Å². The molecular formula is C20H21F3N6O2S. The summed E-state index contributed by atoms with van der Waals surface area (Å²) in [5.41, 5.74) is -1.55. The lowest BCUT2D eigenvalue weighted by molar-refractivity contribution is -0.137. The van der Waals surface area contributed by atoms with Crippen molar-refractivity contribution >= 4 is 20.9 Å². The van der Waals surface area contributed by atoms with E-state index in [-0.39, 0.29) is 39.1 Å². The Hall–Kier alpha value is -3.20. The van der Waals surface area contributed by atoms with E-state index in [1.807, 2.05) is 6.07 Å². The summed E-state index contributed by atoms with van der Waals surface area (Å²) in [7, 11) is -1.80. The first kappa shape index (κ1) is 23.5. The second-order valence-corrected chi connectivity index (χ2v) is 10.0. The summed E-state index contributed by atoms with van der Waals surface area (Å²) < 4.78 is 67.8. The summed E-state index contributed by atoms with van der Waals surface area (Å²) in [6.45, 7) is 6.28. The normalized spacial score (nSPS) is 14.2. The molecular weight excluding hydrogens is 445 g/mol. The van der Waals surface area contributed by atoms with Crippen LogP contribution in [0, 0.1) is 23.0 Å². The Bertz CT molecular complexity index is 1350. The second-order valence-electron chi connectivity index (χ2n) is 7.67. The SMILES string of the molecule is CC[S@@](=N)(=O)c1cc(OC(C)(C)C#N)c(C)nc1-c1nc2cc(C(F)(F)F)cnc2n1C. The Balaban J connectivity index is 2.29. The Kier molecular flexibility index (Phi) is 5.67. The molecule has 3 rings (SSSR count). The smallest absolute Gasteiger partial charge is 0.417 e. The fourth-order valence-electron chi connectivity index (χ4n) is 2.98. The molecule has 0 aliphatic rings. The number of nitriles is 1. The van der Waals surface area contributed by atoms with Crippen molar-refractivity contribution in [2.45, 2.75) is 44.4 Å². The van der Waals surface area contributed by atoms with Gasteiger partial charge in [-0.1, -0.05) is 6.92 Å². The third-order valence-electron chi connectivity index (χ3n) is 4.78. The number of fused-ring (bicyclic) bond motifs is 1. The highest BCUT2D eigenvalue weighted by molar-refractivity contribution is 7.92. The van der Waals surface area contributed by atoms with Crippen LogP contribution in [0.5, 0.6) is 5.75 Å². The summed E-state index contributed by atoms with van der Waals surface area (Å²) in [4.78, 5) is 12.6. The van der Waals surface area contributed by atoms with Crippen LogP contribution in [0.4, 0.5) is 13.2 Å². The highest BCUT2D eigenvalue weighted by atomic mass is 32.2. The van der Waals surface area contributed by atoms with Gasteiger partial charge in [0.1, 0.15) is 23.0 Å². The van der Waals surface area contributed by atoms with E-state index in [9.17, 15) is 22.6 Å². The number of hydrogen-bond donors (Lipinski definition) is 1. The van der Waals surface area contributed by atoms with Gasteiger partial charge in [0.05, 0.1) is 25.9 Å². The van der Waals surface area contributed by atoms with Crippen LogP contribution in [0.2, 0.25) is 0 Å². The zero-order chi connectivity index (χ0) is 24.1. The number of rotatable bonds is 5. The van der Waals surface area contributed by atoms with Crippen LogP contribution in [0.25, 0.3) is 22.7 Å². The van der Waals surface area contributed by atoms with Crippen molar-refractivity contribution in [3.8, 4) is 23.3 Å². The first-order valence-electron chi connectivity index (χ1n) is 9.48. The van der Waals surface area contributed by atoms with Gasteiger partial charge in [-0.05, 0) is 26.8 Å². The molecule has 0 radical (unpaired) electrons. The van der Waals surface area contributed by atoms with Crippen LogP contribution < -0.4 is 4.74 Å². The summed E-state index contributed by atoms with van der Waals surface area (Å²) in [6, 6.07) is 4.27. The molecule has 0 amide bonds. The first-order valence-corrected chi connectivity index (χ1v) is 11.2. The molecule has 0 aliphatic carbocycles. The molecule has 0 fully saturated rings. The molecule has 0 spiro atoms. The average molecular weight is 466 g/mol. The van der Waals surface area contributed by atoms with Crippen LogP contribution in [0.3, 0.4) is 0 Å². The Morgan fingerprint density at radius 1 is 1.28 bits per heavy atom. The zero-order valence-corrected chi connectivity index (χ0v) is 18.9. The molecule has 3 aromatic heterocycles. The molecule has 32 heavy (non-hydrogen) atoms. The van der Waals surface area contributed by atoms with Crippen molar-refractivity contribution in [1.29, 1.82) is 10.0 Å². The van der Waals surface area contributed by atoms with Crippen LogP contribution in [0.1, 0.15) is 32.0 Å². The minimum atomic E-state index is -4.58. The molecule has 0 unspecified atom stereocenters. The maximum absolute atomic E-state index is 13.1. The molecule has 0 bridgehead atoms. The predicted molar refractivity (Wildman–Crippen MR) is 111 cm³/mol. The van der Waals surface area contributed by atoms with E-state index in [2.05, 4.69) is 15.0 Å². The fourth-order valence-corrected chi connectivity index (χ4v) is 4.04. The van der Waals surface area contributed by atoms with Crippen molar-refractivity contribution in [3.05, 3.63) is 29.6 Å². The van der Waals surface area contributed by atoms with Gasteiger partial charge in [0, 0.05) is 25.1 Å². The van der Waals surface area contributed by atoms with Gasteiger partial charge in [0.2, 0.25) is 0 Å². The molecule has 0 saturated heterocycles. The lowest BCUT2D eigenvalue weighted by Gasteiger charge is -2.21.